The van der Waals surface area contributed by atoms with E-state index in [0.717, 1.165) is 6.42 Å². The molecule has 0 saturated carbocycles. The Kier molecular flexibility index (Phi) is 3.78. The van der Waals surface area contributed by atoms with E-state index >= 15 is 0 Å². The average Bonchev–Trinajstić information content (AvgIpc) is 2.84. The van der Waals surface area contributed by atoms with E-state index in [2.05, 4.69) is 26.8 Å². The lowest BCUT2D eigenvalue weighted by Gasteiger charge is -2.44. The SMILES string of the molecule is CC1(C)CC2(C)C(O1)C(C1COC(C)(C)O1)C[PH](=O)C2C#N. The van der Waals surface area contributed by atoms with Crippen LogP contribution >= 0.6 is 7.80 Å². The van der Waals surface area contributed by atoms with E-state index in [-0.39, 0.29) is 29.1 Å². The highest BCUT2D eigenvalue weighted by molar-refractivity contribution is 7.46. The Bertz CT molecular complexity index is 541. The van der Waals surface area contributed by atoms with Crippen molar-refractivity contribution in [3.05, 3.63) is 0 Å². The molecule has 3 aliphatic rings. The Morgan fingerprint density at radius 2 is 1.86 bits per heavy atom. The lowest BCUT2D eigenvalue weighted by Crippen LogP contribution is -2.51. The van der Waals surface area contributed by atoms with Gasteiger partial charge in [-0.1, -0.05) is 6.92 Å². The quantitative estimate of drug-likeness (QED) is 0.693. The van der Waals surface area contributed by atoms with E-state index in [1.165, 1.54) is 0 Å². The van der Waals surface area contributed by atoms with E-state index in [1.807, 2.05) is 13.8 Å². The lowest BCUT2D eigenvalue weighted by molar-refractivity contribution is -0.157. The molecule has 6 unspecified atom stereocenters. The van der Waals surface area contributed by atoms with E-state index in [1.54, 1.807) is 0 Å². The van der Waals surface area contributed by atoms with Crippen LogP contribution in [0.5, 0.6) is 0 Å². The van der Waals surface area contributed by atoms with Crippen LogP contribution in [0.4, 0.5) is 0 Å². The maximum Gasteiger partial charge on any atom is 0.163 e. The first kappa shape index (κ1) is 16.5. The third-order valence-electron chi connectivity index (χ3n) is 5.35. The molecule has 6 heteroatoms. The van der Waals surface area contributed by atoms with Crippen LogP contribution in [0.2, 0.25) is 0 Å². The molecule has 0 spiro atoms. The zero-order valence-electron chi connectivity index (χ0n) is 14.0. The molecule has 5 nitrogen and oxygen atoms in total. The molecule has 3 saturated heterocycles. The molecule has 0 N–H and O–H groups in total. The predicted molar refractivity (Wildman–Crippen MR) is 83.3 cm³/mol. The van der Waals surface area contributed by atoms with Crippen LogP contribution in [0.15, 0.2) is 0 Å². The van der Waals surface area contributed by atoms with Gasteiger partial charge in [0.05, 0.1) is 38.3 Å². The molecule has 0 amide bonds. The lowest BCUT2D eigenvalue weighted by atomic mass is 9.71. The number of ether oxygens (including phenoxy) is 3. The normalized spacial score (nSPS) is 49.5. The fourth-order valence-electron chi connectivity index (χ4n) is 4.68. The van der Waals surface area contributed by atoms with Crippen LogP contribution in [0.1, 0.15) is 41.0 Å². The van der Waals surface area contributed by atoms with Crippen LogP contribution in [0, 0.1) is 22.7 Å². The highest BCUT2D eigenvalue weighted by atomic mass is 31.1. The molecular formula is C16H26NO4P. The van der Waals surface area contributed by atoms with Gasteiger partial charge in [0.2, 0.25) is 0 Å². The van der Waals surface area contributed by atoms with Crippen LogP contribution < -0.4 is 0 Å². The second-order valence-electron chi connectivity index (χ2n) is 8.24. The number of rotatable bonds is 1. The average molecular weight is 327 g/mol. The molecule has 0 aromatic carbocycles. The van der Waals surface area contributed by atoms with E-state index in [0.29, 0.717) is 12.8 Å². The van der Waals surface area contributed by atoms with Crippen molar-refractivity contribution in [2.75, 3.05) is 12.8 Å². The minimum Gasteiger partial charge on any atom is -0.371 e. The first-order chi connectivity index (χ1) is 10.1. The van der Waals surface area contributed by atoms with Crippen LogP contribution in [-0.2, 0) is 18.8 Å². The van der Waals surface area contributed by atoms with Crippen LogP contribution in [0.25, 0.3) is 0 Å². The molecular weight excluding hydrogens is 301 g/mol. The molecule has 6 atom stereocenters. The molecule has 0 radical (unpaired) electrons. The summed E-state index contributed by atoms with van der Waals surface area (Å²) in [5, 5.41) is 9.54. The number of nitrogens with zero attached hydrogens (tertiary/aromatic N) is 1. The van der Waals surface area contributed by atoms with Crippen molar-refractivity contribution < 1.29 is 18.8 Å². The molecule has 3 aliphatic heterocycles. The minimum absolute atomic E-state index is 0.0320. The smallest absolute Gasteiger partial charge is 0.163 e. The van der Waals surface area contributed by atoms with Gasteiger partial charge >= 0.3 is 0 Å². The van der Waals surface area contributed by atoms with E-state index in [9.17, 15) is 9.83 Å². The molecule has 0 aromatic heterocycles. The Hall–Kier alpha value is -0.400. The maximum absolute atomic E-state index is 12.7. The van der Waals surface area contributed by atoms with Gasteiger partial charge in [0.15, 0.2) is 5.79 Å². The predicted octanol–water partition coefficient (Wildman–Crippen LogP) is 2.79. The second kappa shape index (κ2) is 5.05. The second-order valence-corrected chi connectivity index (χ2v) is 10.2. The zero-order valence-corrected chi connectivity index (χ0v) is 15.0. The minimum atomic E-state index is -1.99. The van der Waals surface area contributed by atoms with Gasteiger partial charge in [0, 0.05) is 17.5 Å². The van der Waals surface area contributed by atoms with Crippen molar-refractivity contribution >= 4 is 7.80 Å². The van der Waals surface area contributed by atoms with Gasteiger partial charge in [-0.2, -0.15) is 5.26 Å². The third-order valence-corrected chi connectivity index (χ3v) is 7.65. The zero-order chi connectivity index (χ0) is 16.3. The standard InChI is InChI=1S/C16H26NO4P/c1-14(2)9-16(5)12(6-17)22(18)8-10(13(16)21-14)11-7-19-15(3,4)20-11/h10-13,22H,7-9H2,1-5H3. The van der Waals surface area contributed by atoms with Crippen molar-refractivity contribution in [2.24, 2.45) is 11.3 Å². The van der Waals surface area contributed by atoms with Gasteiger partial charge in [-0.25, -0.2) is 0 Å². The van der Waals surface area contributed by atoms with Gasteiger partial charge < -0.3 is 18.8 Å². The number of nitriles is 1. The first-order valence-electron chi connectivity index (χ1n) is 8.00. The number of hydrogen-bond acceptors (Lipinski definition) is 5. The Balaban J connectivity index is 1.93. The van der Waals surface area contributed by atoms with Gasteiger partial charge in [0.25, 0.3) is 0 Å². The molecule has 3 heterocycles. The molecule has 0 aromatic rings. The molecule has 22 heavy (non-hydrogen) atoms. The molecule has 3 rings (SSSR count). The number of hydrogen-bond donors (Lipinski definition) is 0. The summed E-state index contributed by atoms with van der Waals surface area (Å²) in [4.78, 5) is 0. The van der Waals surface area contributed by atoms with Crippen LogP contribution in [-0.4, -0.2) is 42.0 Å². The Labute approximate surface area is 133 Å². The van der Waals surface area contributed by atoms with E-state index in [4.69, 9.17) is 14.2 Å². The summed E-state index contributed by atoms with van der Waals surface area (Å²) >= 11 is 0. The molecule has 0 aliphatic carbocycles. The highest BCUT2D eigenvalue weighted by Crippen LogP contribution is 2.60. The topological polar surface area (TPSA) is 68.6 Å². The fourth-order valence-corrected chi connectivity index (χ4v) is 7.00. The molecule has 0 bridgehead atoms. The van der Waals surface area contributed by atoms with Gasteiger partial charge in [-0.15, -0.1) is 0 Å². The summed E-state index contributed by atoms with van der Waals surface area (Å²) in [6.45, 7) is 10.5. The Morgan fingerprint density at radius 3 is 2.41 bits per heavy atom. The fraction of sp³-hybridized carbons (Fsp3) is 0.938. The summed E-state index contributed by atoms with van der Waals surface area (Å²) in [6.07, 6.45) is 1.06. The highest BCUT2D eigenvalue weighted by Gasteiger charge is 2.62. The van der Waals surface area contributed by atoms with Crippen molar-refractivity contribution in [1.29, 1.82) is 5.26 Å². The van der Waals surface area contributed by atoms with Gasteiger partial charge in [-0.3, -0.25) is 0 Å². The van der Waals surface area contributed by atoms with Crippen molar-refractivity contribution in [1.82, 2.24) is 0 Å². The first-order valence-corrected chi connectivity index (χ1v) is 9.69. The summed E-state index contributed by atoms with van der Waals surface area (Å²) < 4.78 is 30.8. The monoisotopic (exact) mass is 327 g/mol. The summed E-state index contributed by atoms with van der Waals surface area (Å²) in [7, 11) is -1.99. The number of fused-ring (bicyclic) bond motifs is 1. The van der Waals surface area contributed by atoms with Crippen molar-refractivity contribution in [3.63, 3.8) is 0 Å². The summed E-state index contributed by atoms with van der Waals surface area (Å²) in [5.74, 6) is -0.568. The summed E-state index contributed by atoms with van der Waals surface area (Å²) in [5.41, 5.74) is -1.07. The molecule has 124 valence electrons. The van der Waals surface area contributed by atoms with E-state index < -0.39 is 19.2 Å². The summed E-state index contributed by atoms with van der Waals surface area (Å²) in [6, 6.07) is 2.31. The van der Waals surface area contributed by atoms with Gasteiger partial charge in [-0.05, 0) is 34.1 Å². The van der Waals surface area contributed by atoms with Crippen molar-refractivity contribution in [2.45, 2.75) is 70.3 Å². The maximum atomic E-state index is 12.7. The molecule has 3 fully saturated rings. The van der Waals surface area contributed by atoms with Gasteiger partial charge in [0.1, 0.15) is 5.66 Å². The van der Waals surface area contributed by atoms with Crippen molar-refractivity contribution in [3.8, 4) is 6.07 Å². The largest absolute Gasteiger partial charge is 0.371 e. The third kappa shape index (κ3) is 2.55. The Morgan fingerprint density at radius 1 is 1.18 bits per heavy atom. The van der Waals surface area contributed by atoms with Crippen LogP contribution in [0.3, 0.4) is 0 Å².